The summed E-state index contributed by atoms with van der Waals surface area (Å²) in [5.41, 5.74) is -1.74. The van der Waals surface area contributed by atoms with Crippen LogP contribution >= 0.6 is 11.6 Å². The van der Waals surface area contributed by atoms with Crippen molar-refractivity contribution in [3.63, 3.8) is 0 Å². The number of amides is 1. The zero-order chi connectivity index (χ0) is 23.0. The molecule has 0 aliphatic heterocycles. The summed E-state index contributed by atoms with van der Waals surface area (Å²) >= 11 is 5.90. The number of hydrogen-bond acceptors (Lipinski definition) is 2. The van der Waals surface area contributed by atoms with Crippen LogP contribution in [0.15, 0.2) is 24.3 Å². The van der Waals surface area contributed by atoms with Crippen LogP contribution in [-0.4, -0.2) is 21.7 Å². The van der Waals surface area contributed by atoms with Gasteiger partial charge in [0.2, 0.25) is 0 Å². The summed E-state index contributed by atoms with van der Waals surface area (Å²) in [6, 6.07) is 3.25. The van der Waals surface area contributed by atoms with Gasteiger partial charge < -0.3 is 5.32 Å². The van der Waals surface area contributed by atoms with Gasteiger partial charge in [-0.3, -0.25) is 9.48 Å². The second-order valence-corrected chi connectivity index (χ2v) is 8.14. The van der Waals surface area contributed by atoms with Crippen molar-refractivity contribution in [2.75, 3.05) is 0 Å². The van der Waals surface area contributed by atoms with Crippen molar-refractivity contribution >= 4 is 17.5 Å². The molecule has 3 rings (SSSR count). The van der Waals surface area contributed by atoms with Crippen molar-refractivity contribution in [1.29, 1.82) is 0 Å². The predicted octanol–water partition coefficient (Wildman–Crippen LogP) is 5.87. The molecule has 1 fully saturated rings. The maximum Gasteiger partial charge on any atom is 0.433 e. The highest BCUT2D eigenvalue weighted by Crippen LogP contribution is 2.34. The fourth-order valence-electron chi connectivity index (χ4n) is 3.79. The van der Waals surface area contributed by atoms with Gasteiger partial charge in [0.25, 0.3) is 5.91 Å². The lowest BCUT2D eigenvalue weighted by atomic mass is 9.86. The van der Waals surface area contributed by atoms with E-state index < -0.39 is 29.5 Å². The van der Waals surface area contributed by atoms with Crippen LogP contribution in [0.4, 0.5) is 26.3 Å². The first-order valence-corrected chi connectivity index (χ1v) is 10.0. The van der Waals surface area contributed by atoms with Gasteiger partial charge in [-0.15, -0.1) is 0 Å². The molecule has 1 amide bonds. The van der Waals surface area contributed by atoms with Gasteiger partial charge in [0, 0.05) is 12.6 Å². The summed E-state index contributed by atoms with van der Waals surface area (Å²) in [6.07, 6.45) is -6.99. The van der Waals surface area contributed by atoms with Crippen LogP contribution < -0.4 is 5.32 Å². The number of benzene rings is 1. The van der Waals surface area contributed by atoms with Gasteiger partial charge in [-0.1, -0.05) is 11.6 Å². The SMILES string of the molecule is Cc1cc(C(F)(F)F)n(C[C@H]2CC[C@H](NC(=O)c3cc(C(F)(F)F)ccc3Cl)CC2)n1. The standard InChI is InChI=1S/C20H20ClF6N3O/c1-11-8-17(20(25,26)27)30(29-11)10-12-2-5-14(6-3-12)28-18(31)15-9-13(19(22,23)24)4-7-16(15)21/h4,7-9,12,14H,2-3,5-6,10H2,1H3,(H,28,31)/t12-,14-. The van der Waals surface area contributed by atoms with E-state index in [4.69, 9.17) is 11.6 Å². The van der Waals surface area contributed by atoms with Crippen molar-refractivity contribution < 1.29 is 31.1 Å². The van der Waals surface area contributed by atoms with Crippen LogP contribution in [-0.2, 0) is 18.9 Å². The Morgan fingerprint density at radius 1 is 1.10 bits per heavy atom. The maximum absolute atomic E-state index is 13.1. The van der Waals surface area contributed by atoms with Gasteiger partial charge in [-0.2, -0.15) is 31.4 Å². The molecule has 1 saturated carbocycles. The first-order chi connectivity index (χ1) is 14.3. The summed E-state index contributed by atoms with van der Waals surface area (Å²) in [5.74, 6) is -0.757. The van der Waals surface area contributed by atoms with Crippen LogP contribution in [0.1, 0.15) is 53.0 Å². The molecule has 0 spiro atoms. The molecular weight excluding hydrogens is 448 g/mol. The summed E-state index contributed by atoms with van der Waals surface area (Å²) in [6.45, 7) is 1.61. The van der Waals surface area contributed by atoms with Crippen LogP contribution in [0.2, 0.25) is 5.02 Å². The molecule has 1 aliphatic carbocycles. The molecule has 2 aromatic rings. The zero-order valence-corrected chi connectivity index (χ0v) is 17.2. The Kier molecular flexibility index (Phi) is 6.59. The van der Waals surface area contributed by atoms with E-state index in [-0.39, 0.29) is 34.8 Å². The molecule has 1 N–H and O–H groups in total. The van der Waals surface area contributed by atoms with E-state index in [1.165, 1.54) is 6.92 Å². The minimum Gasteiger partial charge on any atom is -0.349 e. The minimum atomic E-state index is -4.60. The quantitative estimate of drug-likeness (QED) is 0.571. The average molecular weight is 468 g/mol. The summed E-state index contributed by atoms with van der Waals surface area (Å²) in [7, 11) is 0. The normalized spacial score (nSPS) is 20.0. The largest absolute Gasteiger partial charge is 0.433 e. The number of rotatable bonds is 4. The average Bonchev–Trinajstić information content (AvgIpc) is 3.03. The number of aryl methyl sites for hydroxylation is 1. The van der Waals surface area contributed by atoms with E-state index in [9.17, 15) is 31.1 Å². The smallest absolute Gasteiger partial charge is 0.349 e. The van der Waals surface area contributed by atoms with Crippen LogP contribution in [0, 0.1) is 12.8 Å². The molecule has 11 heteroatoms. The molecule has 31 heavy (non-hydrogen) atoms. The summed E-state index contributed by atoms with van der Waals surface area (Å²) < 4.78 is 79.0. The Hall–Kier alpha value is -2.23. The molecule has 0 radical (unpaired) electrons. The van der Waals surface area contributed by atoms with Crippen molar-refractivity contribution in [3.8, 4) is 0 Å². The first-order valence-electron chi connectivity index (χ1n) is 9.64. The first kappa shape index (κ1) is 23.4. The van der Waals surface area contributed by atoms with E-state index in [0.717, 1.165) is 22.9 Å². The van der Waals surface area contributed by atoms with Crippen molar-refractivity contribution in [2.45, 2.75) is 57.5 Å². The van der Waals surface area contributed by atoms with Gasteiger partial charge >= 0.3 is 12.4 Å². The van der Waals surface area contributed by atoms with E-state index in [0.29, 0.717) is 31.7 Å². The zero-order valence-electron chi connectivity index (χ0n) is 16.4. The van der Waals surface area contributed by atoms with Crippen LogP contribution in [0.3, 0.4) is 0 Å². The lowest BCUT2D eigenvalue weighted by Crippen LogP contribution is -2.38. The number of alkyl halides is 6. The number of halogens is 7. The molecule has 1 aromatic carbocycles. The summed E-state index contributed by atoms with van der Waals surface area (Å²) in [4.78, 5) is 12.4. The molecule has 1 aliphatic rings. The Balaban J connectivity index is 1.60. The van der Waals surface area contributed by atoms with Crippen molar-refractivity contribution in [1.82, 2.24) is 15.1 Å². The lowest BCUT2D eigenvalue weighted by molar-refractivity contribution is -0.144. The van der Waals surface area contributed by atoms with Crippen molar-refractivity contribution in [2.24, 2.45) is 5.92 Å². The van der Waals surface area contributed by atoms with Gasteiger partial charge in [0.1, 0.15) is 5.69 Å². The molecule has 1 aromatic heterocycles. The molecule has 4 nitrogen and oxygen atoms in total. The monoisotopic (exact) mass is 467 g/mol. The lowest BCUT2D eigenvalue weighted by Gasteiger charge is -2.29. The highest BCUT2D eigenvalue weighted by atomic mass is 35.5. The number of nitrogens with one attached hydrogen (secondary N) is 1. The van der Waals surface area contributed by atoms with Crippen molar-refractivity contribution in [3.05, 3.63) is 51.8 Å². The fourth-order valence-corrected chi connectivity index (χ4v) is 3.99. The Morgan fingerprint density at radius 3 is 2.32 bits per heavy atom. The van der Waals surface area contributed by atoms with Crippen LogP contribution in [0.5, 0.6) is 0 Å². The fraction of sp³-hybridized carbons (Fsp3) is 0.500. The second kappa shape index (κ2) is 8.72. The molecule has 0 unspecified atom stereocenters. The Bertz CT molecular complexity index is 945. The maximum atomic E-state index is 13.1. The highest BCUT2D eigenvalue weighted by molar-refractivity contribution is 6.33. The topological polar surface area (TPSA) is 46.9 Å². The number of carbonyl (C=O) groups excluding carboxylic acids is 1. The molecule has 0 bridgehead atoms. The third kappa shape index (κ3) is 5.72. The number of nitrogens with zero attached hydrogens (tertiary/aromatic N) is 2. The van der Waals surface area contributed by atoms with E-state index in [1.807, 2.05) is 0 Å². The van der Waals surface area contributed by atoms with E-state index in [1.54, 1.807) is 0 Å². The summed E-state index contributed by atoms with van der Waals surface area (Å²) in [5, 5.41) is 6.53. The van der Waals surface area contributed by atoms with Gasteiger partial charge in [0.05, 0.1) is 21.8 Å². The second-order valence-electron chi connectivity index (χ2n) is 7.73. The minimum absolute atomic E-state index is 0.0503. The third-order valence-electron chi connectivity index (χ3n) is 5.34. The van der Waals surface area contributed by atoms with Gasteiger partial charge in [-0.05, 0) is 62.8 Å². The third-order valence-corrected chi connectivity index (χ3v) is 5.67. The molecule has 170 valence electrons. The number of hydrogen-bond donors (Lipinski definition) is 1. The van der Waals surface area contributed by atoms with Crippen LogP contribution in [0.25, 0.3) is 0 Å². The van der Waals surface area contributed by atoms with Gasteiger partial charge in [0.15, 0.2) is 0 Å². The number of aromatic nitrogens is 2. The predicted molar refractivity (Wildman–Crippen MR) is 102 cm³/mol. The van der Waals surface area contributed by atoms with E-state index >= 15 is 0 Å². The highest BCUT2D eigenvalue weighted by Gasteiger charge is 2.36. The molecule has 0 atom stereocenters. The Morgan fingerprint density at radius 2 is 1.74 bits per heavy atom. The molecule has 1 heterocycles. The number of carbonyl (C=O) groups is 1. The van der Waals surface area contributed by atoms with E-state index in [2.05, 4.69) is 10.4 Å². The Labute approximate surface area is 179 Å². The molecule has 0 saturated heterocycles. The molecular formula is C20H20ClF6N3O. The van der Waals surface area contributed by atoms with Gasteiger partial charge in [-0.25, -0.2) is 0 Å².